The van der Waals surface area contributed by atoms with E-state index in [1.165, 1.54) is 6.92 Å². The predicted molar refractivity (Wildman–Crippen MR) is 56.2 cm³/mol. The SMILES string of the molecule is C=C(C)C(=O)COCC(=O)OCC(F)(F)S(=O)(=O)[O-]. The van der Waals surface area contributed by atoms with Crippen molar-refractivity contribution in [3.63, 3.8) is 0 Å². The van der Waals surface area contributed by atoms with Gasteiger partial charge in [-0.1, -0.05) is 6.58 Å². The van der Waals surface area contributed by atoms with Gasteiger partial charge in [-0.15, -0.1) is 0 Å². The van der Waals surface area contributed by atoms with E-state index in [1.54, 1.807) is 0 Å². The molecule has 0 saturated carbocycles. The van der Waals surface area contributed by atoms with Crippen LogP contribution in [-0.2, 0) is 29.2 Å². The zero-order valence-electron chi connectivity index (χ0n) is 9.85. The first-order valence-corrected chi connectivity index (χ1v) is 6.13. The van der Waals surface area contributed by atoms with E-state index in [4.69, 9.17) is 0 Å². The Labute approximate surface area is 107 Å². The van der Waals surface area contributed by atoms with Crippen molar-refractivity contribution in [2.45, 2.75) is 12.2 Å². The van der Waals surface area contributed by atoms with Crippen LogP contribution in [0.4, 0.5) is 8.78 Å². The molecule has 19 heavy (non-hydrogen) atoms. The van der Waals surface area contributed by atoms with E-state index in [0.29, 0.717) is 0 Å². The first kappa shape index (κ1) is 17.6. The highest BCUT2D eigenvalue weighted by molar-refractivity contribution is 7.86. The molecule has 110 valence electrons. The Morgan fingerprint density at radius 3 is 2.26 bits per heavy atom. The Bertz CT molecular complexity index is 469. The maximum absolute atomic E-state index is 12.6. The van der Waals surface area contributed by atoms with Crippen LogP contribution < -0.4 is 0 Å². The highest BCUT2D eigenvalue weighted by Crippen LogP contribution is 2.20. The van der Waals surface area contributed by atoms with Gasteiger partial charge in [-0.25, -0.2) is 13.2 Å². The molecule has 0 aliphatic carbocycles. The average Bonchev–Trinajstić information content (AvgIpc) is 2.24. The van der Waals surface area contributed by atoms with Crippen molar-refractivity contribution >= 4 is 21.9 Å². The van der Waals surface area contributed by atoms with Crippen molar-refractivity contribution in [2.75, 3.05) is 19.8 Å². The zero-order chi connectivity index (χ0) is 15.3. The summed E-state index contributed by atoms with van der Waals surface area (Å²) in [6.07, 6.45) is 0. The topological polar surface area (TPSA) is 110 Å². The summed E-state index contributed by atoms with van der Waals surface area (Å²) in [6, 6.07) is 0. The molecule has 0 amide bonds. The molecule has 0 unspecified atom stereocenters. The van der Waals surface area contributed by atoms with Crippen LogP contribution in [0, 0.1) is 0 Å². The number of Topliss-reactive ketones (excluding diaryl/α,β-unsaturated/α-hetero) is 1. The highest BCUT2D eigenvalue weighted by Gasteiger charge is 2.39. The lowest BCUT2D eigenvalue weighted by molar-refractivity contribution is -0.155. The van der Waals surface area contributed by atoms with Gasteiger partial charge in [0.2, 0.25) is 0 Å². The molecule has 0 aromatic carbocycles. The van der Waals surface area contributed by atoms with E-state index in [2.05, 4.69) is 16.1 Å². The maximum Gasteiger partial charge on any atom is 0.367 e. The summed E-state index contributed by atoms with van der Waals surface area (Å²) in [7, 11) is -5.91. The van der Waals surface area contributed by atoms with Gasteiger partial charge in [-0.2, -0.15) is 8.78 Å². The van der Waals surface area contributed by atoms with E-state index >= 15 is 0 Å². The van der Waals surface area contributed by atoms with Crippen molar-refractivity contribution in [2.24, 2.45) is 0 Å². The van der Waals surface area contributed by atoms with Crippen LogP contribution in [0.25, 0.3) is 0 Å². The first-order chi connectivity index (χ1) is 8.47. The number of ketones is 1. The summed E-state index contributed by atoms with van der Waals surface area (Å²) in [5, 5.41) is -4.71. The second-order valence-electron chi connectivity index (χ2n) is 3.45. The summed E-state index contributed by atoms with van der Waals surface area (Å²) in [5.41, 5.74) is 0.178. The predicted octanol–water partition coefficient (Wildman–Crippen LogP) is -0.171. The van der Waals surface area contributed by atoms with Crippen molar-refractivity contribution < 1.29 is 40.8 Å². The molecular weight excluding hydrogens is 290 g/mol. The van der Waals surface area contributed by atoms with E-state index in [-0.39, 0.29) is 5.57 Å². The molecule has 0 atom stereocenters. The minimum absolute atomic E-state index is 0.178. The Morgan fingerprint density at radius 1 is 1.32 bits per heavy atom. The third kappa shape index (κ3) is 6.36. The number of carbonyl (C=O) groups is 2. The van der Waals surface area contributed by atoms with Crippen LogP contribution in [0.5, 0.6) is 0 Å². The second kappa shape index (κ2) is 6.68. The largest absolute Gasteiger partial charge is 0.743 e. The van der Waals surface area contributed by atoms with Gasteiger partial charge in [0.15, 0.2) is 22.5 Å². The third-order valence-electron chi connectivity index (χ3n) is 1.70. The molecule has 0 heterocycles. The molecule has 0 rings (SSSR count). The van der Waals surface area contributed by atoms with Gasteiger partial charge < -0.3 is 14.0 Å². The molecule has 0 aromatic heterocycles. The summed E-state index contributed by atoms with van der Waals surface area (Å²) < 4.78 is 63.7. The standard InChI is InChI=1S/C9H12F2O7S/c1-6(2)7(12)3-17-4-8(13)18-5-9(10,11)19(14,15)16/h1,3-5H2,2H3,(H,14,15,16)/p-1. The van der Waals surface area contributed by atoms with E-state index < -0.39 is 46.9 Å². The van der Waals surface area contributed by atoms with Crippen LogP contribution in [0.3, 0.4) is 0 Å². The fraction of sp³-hybridized carbons (Fsp3) is 0.556. The van der Waals surface area contributed by atoms with Gasteiger partial charge in [-0.05, 0) is 12.5 Å². The molecule has 0 saturated heterocycles. The van der Waals surface area contributed by atoms with Crippen LogP contribution in [-0.4, -0.2) is 49.8 Å². The third-order valence-corrected chi connectivity index (χ3v) is 2.55. The van der Waals surface area contributed by atoms with Crippen molar-refractivity contribution in [1.29, 1.82) is 0 Å². The minimum atomic E-state index is -5.91. The van der Waals surface area contributed by atoms with E-state index in [0.717, 1.165) is 0 Å². The second-order valence-corrected chi connectivity index (χ2v) is 4.95. The molecular formula is C9H11F2O7S-. The van der Waals surface area contributed by atoms with Crippen LogP contribution in [0.2, 0.25) is 0 Å². The smallest absolute Gasteiger partial charge is 0.367 e. The lowest BCUT2D eigenvalue weighted by atomic mass is 10.2. The molecule has 0 N–H and O–H groups in total. The number of esters is 1. The van der Waals surface area contributed by atoms with Gasteiger partial charge in [0.05, 0.1) is 0 Å². The fourth-order valence-corrected chi connectivity index (χ4v) is 0.832. The molecule has 0 fully saturated rings. The van der Waals surface area contributed by atoms with E-state index in [9.17, 15) is 31.3 Å². The van der Waals surface area contributed by atoms with Gasteiger partial charge in [0.1, 0.15) is 13.2 Å². The zero-order valence-corrected chi connectivity index (χ0v) is 10.7. The Kier molecular flexibility index (Phi) is 6.19. The summed E-state index contributed by atoms with van der Waals surface area (Å²) >= 11 is 0. The van der Waals surface area contributed by atoms with Gasteiger partial charge in [0, 0.05) is 0 Å². The fourth-order valence-electron chi connectivity index (χ4n) is 0.629. The van der Waals surface area contributed by atoms with Crippen molar-refractivity contribution in [3.05, 3.63) is 12.2 Å². The average molecular weight is 301 g/mol. The maximum atomic E-state index is 12.6. The molecule has 0 aromatic rings. The number of ether oxygens (including phenoxy) is 2. The number of halogens is 2. The molecule has 0 spiro atoms. The Hall–Kier alpha value is -1.39. The minimum Gasteiger partial charge on any atom is -0.743 e. The molecule has 0 radical (unpaired) electrons. The Balaban J connectivity index is 4.08. The quantitative estimate of drug-likeness (QED) is 0.348. The molecule has 7 nitrogen and oxygen atoms in total. The van der Waals surface area contributed by atoms with Gasteiger partial charge >= 0.3 is 11.2 Å². The summed E-state index contributed by atoms with van der Waals surface area (Å²) in [5.74, 6) is -1.84. The van der Waals surface area contributed by atoms with Gasteiger partial charge in [-0.3, -0.25) is 4.79 Å². The van der Waals surface area contributed by atoms with Crippen molar-refractivity contribution in [1.82, 2.24) is 0 Å². The normalized spacial score (nSPS) is 12.0. The molecule has 0 bridgehead atoms. The highest BCUT2D eigenvalue weighted by atomic mass is 32.2. The number of hydrogen-bond acceptors (Lipinski definition) is 7. The Morgan fingerprint density at radius 2 is 1.84 bits per heavy atom. The number of rotatable bonds is 8. The lowest BCUT2D eigenvalue weighted by Crippen LogP contribution is -2.35. The first-order valence-electron chi connectivity index (χ1n) is 4.72. The molecule has 0 aliphatic rings. The van der Waals surface area contributed by atoms with Crippen molar-refractivity contribution in [3.8, 4) is 0 Å². The summed E-state index contributed by atoms with van der Waals surface area (Å²) in [4.78, 5) is 21.8. The number of hydrogen-bond donors (Lipinski definition) is 0. The summed E-state index contributed by atoms with van der Waals surface area (Å²) in [6.45, 7) is 1.46. The van der Waals surface area contributed by atoms with Crippen LogP contribution >= 0.6 is 0 Å². The van der Waals surface area contributed by atoms with Crippen LogP contribution in [0.15, 0.2) is 12.2 Å². The monoisotopic (exact) mass is 301 g/mol. The number of alkyl halides is 2. The lowest BCUT2D eigenvalue weighted by Gasteiger charge is -2.19. The molecule has 10 heteroatoms. The van der Waals surface area contributed by atoms with Gasteiger partial charge in [0.25, 0.3) is 0 Å². The number of carbonyl (C=O) groups excluding carboxylic acids is 2. The van der Waals surface area contributed by atoms with Crippen LogP contribution in [0.1, 0.15) is 6.92 Å². The molecule has 0 aliphatic heterocycles. The van der Waals surface area contributed by atoms with E-state index in [1.807, 2.05) is 0 Å².